The zero-order valence-electron chi connectivity index (χ0n) is 13.7. The highest BCUT2D eigenvalue weighted by atomic mass is 16.1. The van der Waals surface area contributed by atoms with Gasteiger partial charge in [-0.3, -0.25) is 9.56 Å². The molecule has 0 bridgehead atoms. The fraction of sp³-hybridized carbons (Fsp3) is 0.412. The number of hydrogen-bond acceptors (Lipinski definition) is 2. The molecule has 1 aromatic heterocycles. The van der Waals surface area contributed by atoms with E-state index in [0.717, 1.165) is 17.7 Å². The third-order valence-corrected chi connectivity index (χ3v) is 3.23. The van der Waals surface area contributed by atoms with Gasteiger partial charge in [0.25, 0.3) is 0 Å². The second-order valence-corrected chi connectivity index (χ2v) is 5.51. The maximum Gasteiger partial charge on any atom is 0.326 e. The van der Waals surface area contributed by atoms with Crippen LogP contribution in [-0.2, 0) is 0 Å². The van der Waals surface area contributed by atoms with Crippen LogP contribution in [0, 0.1) is 6.92 Å². The molecule has 0 saturated heterocycles. The topological polar surface area (TPSA) is 50.1 Å². The van der Waals surface area contributed by atoms with Crippen molar-refractivity contribution in [3.05, 3.63) is 57.9 Å². The van der Waals surface area contributed by atoms with E-state index in [1.165, 1.54) is 5.57 Å². The van der Waals surface area contributed by atoms with Crippen LogP contribution in [0.25, 0.3) is 0 Å². The first-order valence-corrected chi connectivity index (χ1v) is 7.12. The number of nitrogens with one attached hydrogen (secondary N) is 1. The number of rotatable bonds is 6. The highest BCUT2D eigenvalue weighted by molar-refractivity contribution is 5.79. The Morgan fingerprint density at radius 2 is 2.00 bits per heavy atom. The van der Waals surface area contributed by atoms with Crippen LogP contribution in [-0.4, -0.2) is 15.8 Å². The van der Waals surface area contributed by atoms with Gasteiger partial charge in [-0.15, -0.1) is 0 Å². The number of aromatic nitrogens is 2. The molecule has 4 nitrogen and oxygen atoms in total. The Balaban J connectivity index is 3.29. The minimum absolute atomic E-state index is 0.0457. The van der Waals surface area contributed by atoms with Crippen molar-refractivity contribution in [2.24, 2.45) is 4.99 Å². The number of H-pyrrole nitrogens is 1. The predicted molar refractivity (Wildman–Crippen MR) is 90.1 cm³/mol. The van der Waals surface area contributed by atoms with Gasteiger partial charge in [0.2, 0.25) is 0 Å². The van der Waals surface area contributed by atoms with E-state index in [2.05, 4.69) is 30.1 Å². The first-order valence-electron chi connectivity index (χ1n) is 7.12. The Hall–Kier alpha value is -2.10. The van der Waals surface area contributed by atoms with Gasteiger partial charge in [0.1, 0.15) is 0 Å². The van der Waals surface area contributed by atoms with Crippen molar-refractivity contribution in [1.82, 2.24) is 9.55 Å². The van der Waals surface area contributed by atoms with E-state index in [9.17, 15) is 4.79 Å². The zero-order valence-corrected chi connectivity index (χ0v) is 13.7. The maximum absolute atomic E-state index is 12.3. The first kappa shape index (κ1) is 17.0. The van der Waals surface area contributed by atoms with Crippen LogP contribution in [0.4, 0.5) is 0 Å². The Morgan fingerprint density at radius 1 is 1.38 bits per heavy atom. The average Bonchev–Trinajstić information content (AvgIpc) is 2.64. The molecule has 0 aliphatic heterocycles. The molecule has 1 atom stereocenters. The number of aromatic amines is 1. The van der Waals surface area contributed by atoms with E-state index in [1.54, 1.807) is 10.8 Å². The van der Waals surface area contributed by atoms with Crippen LogP contribution in [0.2, 0.25) is 0 Å². The molecule has 1 rings (SSSR count). The quantitative estimate of drug-likeness (QED) is 0.626. The third kappa shape index (κ3) is 4.18. The number of nitrogens with zero attached hydrogens (tertiary/aromatic N) is 2. The number of allylic oxidation sites excluding steroid dienone is 4. The molecule has 114 valence electrons. The van der Waals surface area contributed by atoms with Crippen LogP contribution < -0.4 is 5.69 Å². The molecule has 1 N–H and O–H groups in total. The molecular formula is C17H25N3O. The van der Waals surface area contributed by atoms with E-state index in [0.29, 0.717) is 11.4 Å². The Kier molecular flexibility index (Phi) is 5.70. The Labute approximate surface area is 126 Å². The summed E-state index contributed by atoms with van der Waals surface area (Å²) in [6.45, 7) is 17.7. The summed E-state index contributed by atoms with van der Waals surface area (Å²) in [5.74, 6) is 0. The van der Waals surface area contributed by atoms with Crippen molar-refractivity contribution >= 4 is 6.21 Å². The van der Waals surface area contributed by atoms with Gasteiger partial charge in [0.05, 0.1) is 18.0 Å². The van der Waals surface area contributed by atoms with Gasteiger partial charge in [0, 0.05) is 11.4 Å². The van der Waals surface area contributed by atoms with Gasteiger partial charge in [-0.05, 0) is 39.7 Å². The lowest BCUT2D eigenvalue weighted by Gasteiger charge is -2.18. The normalized spacial score (nSPS) is 12.4. The standard InChI is InChI=1S/C17H25N3O/c1-8-16(13(6)9-11(2)3)20-14(7)15(19-17(20)21)10-18-12(4)5/h9-10,16H,4,6,8H2,1-3,5,7H3,(H,19,21)/t16-/m1/s1. The van der Waals surface area contributed by atoms with Gasteiger partial charge in [-0.25, -0.2) is 4.79 Å². The van der Waals surface area contributed by atoms with E-state index in [1.807, 2.05) is 33.8 Å². The van der Waals surface area contributed by atoms with Crippen LogP contribution in [0.15, 0.2) is 45.9 Å². The lowest BCUT2D eigenvalue weighted by atomic mass is 10.0. The highest BCUT2D eigenvalue weighted by Gasteiger charge is 2.18. The predicted octanol–water partition coefficient (Wildman–Crippen LogP) is 3.91. The molecule has 0 aromatic carbocycles. The molecule has 0 spiro atoms. The minimum atomic E-state index is -0.133. The van der Waals surface area contributed by atoms with Crippen molar-refractivity contribution in [3.63, 3.8) is 0 Å². The molecular weight excluding hydrogens is 262 g/mol. The van der Waals surface area contributed by atoms with Crippen molar-refractivity contribution in [2.75, 3.05) is 0 Å². The summed E-state index contributed by atoms with van der Waals surface area (Å²) in [6.07, 6.45) is 4.47. The summed E-state index contributed by atoms with van der Waals surface area (Å²) in [7, 11) is 0. The molecule has 4 heteroatoms. The molecule has 0 amide bonds. The molecule has 0 aliphatic rings. The second-order valence-electron chi connectivity index (χ2n) is 5.51. The second kappa shape index (κ2) is 7.07. The monoisotopic (exact) mass is 287 g/mol. The Bertz CT molecular complexity index is 652. The molecule has 1 aromatic rings. The number of hydrogen-bond donors (Lipinski definition) is 1. The molecule has 0 fully saturated rings. The van der Waals surface area contributed by atoms with Crippen LogP contribution in [0.5, 0.6) is 0 Å². The molecule has 0 aliphatic carbocycles. The molecule has 1 heterocycles. The van der Waals surface area contributed by atoms with Gasteiger partial charge in [-0.2, -0.15) is 0 Å². The fourth-order valence-corrected chi connectivity index (χ4v) is 2.30. The van der Waals surface area contributed by atoms with Crippen LogP contribution >= 0.6 is 0 Å². The minimum Gasteiger partial charge on any atom is -0.304 e. The van der Waals surface area contributed by atoms with Crippen LogP contribution in [0.1, 0.15) is 51.5 Å². The summed E-state index contributed by atoms with van der Waals surface area (Å²) < 4.78 is 1.75. The molecule has 0 unspecified atom stereocenters. The lowest BCUT2D eigenvalue weighted by Crippen LogP contribution is -2.24. The summed E-state index contributed by atoms with van der Waals surface area (Å²) in [4.78, 5) is 19.3. The highest BCUT2D eigenvalue weighted by Crippen LogP contribution is 2.23. The maximum atomic E-state index is 12.3. The van der Waals surface area contributed by atoms with Crippen molar-refractivity contribution in [1.29, 1.82) is 0 Å². The van der Waals surface area contributed by atoms with Gasteiger partial charge >= 0.3 is 5.69 Å². The summed E-state index contributed by atoms with van der Waals surface area (Å²) in [5, 5.41) is 0. The van der Waals surface area contributed by atoms with Crippen molar-refractivity contribution < 1.29 is 0 Å². The smallest absolute Gasteiger partial charge is 0.304 e. The van der Waals surface area contributed by atoms with Gasteiger partial charge < -0.3 is 4.98 Å². The third-order valence-electron chi connectivity index (χ3n) is 3.23. The van der Waals surface area contributed by atoms with E-state index in [-0.39, 0.29) is 11.7 Å². The SMILES string of the molecule is C=C(C)N=Cc1[nH]c(=O)n([C@H](CC)C(=C)C=C(C)C)c1C. The van der Waals surface area contributed by atoms with Gasteiger partial charge in [0.15, 0.2) is 0 Å². The Morgan fingerprint density at radius 3 is 2.48 bits per heavy atom. The zero-order chi connectivity index (χ0) is 16.2. The average molecular weight is 287 g/mol. The van der Waals surface area contributed by atoms with Crippen molar-refractivity contribution in [2.45, 2.75) is 47.1 Å². The molecule has 21 heavy (non-hydrogen) atoms. The van der Waals surface area contributed by atoms with E-state index >= 15 is 0 Å². The summed E-state index contributed by atoms with van der Waals surface area (Å²) in [6, 6.07) is -0.0457. The van der Waals surface area contributed by atoms with Gasteiger partial charge in [-0.1, -0.05) is 31.7 Å². The largest absolute Gasteiger partial charge is 0.326 e. The van der Waals surface area contributed by atoms with E-state index < -0.39 is 0 Å². The fourth-order valence-electron chi connectivity index (χ4n) is 2.30. The number of imidazole rings is 1. The summed E-state index contributed by atoms with van der Waals surface area (Å²) >= 11 is 0. The van der Waals surface area contributed by atoms with E-state index in [4.69, 9.17) is 0 Å². The lowest BCUT2D eigenvalue weighted by molar-refractivity contribution is 0.538. The molecule has 0 radical (unpaired) electrons. The van der Waals surface area contributed by atoms with Crippen LogP contribution in [0.3, 0.4) is 0 Å². The molecule has 0 saturated carbocycles. The van der Waals surface area contributed by atoms with Crippen molar-refractivity contribution in [3.8, 4) is 0 Å². The number of aliphatic imine (C=N–C) groups is 1. The first-order chi connectivity index (χ1) is 9.77. The summed E-state index contributed by atoms with van der Waals surface area (Å²) in [5.41, 5.74) is 4.25.